The Bertz CT molecular complexity index is 481. The predicted molar refractivity (Wildman–Crippen MR) is 77.3 cm³/mol. The Morgan fingerprint density at radius 2 is 2.15 bits per heavy atom. The molecule has 0 bridgehead atoms. The molecule has 1 aromatic rings. The largest absolute Gasteiger partial charge is 0.355 e. The molecule has 0 aromatic carbocycles. The van der Waals surface area contributed by atoms with E-state index < -0.39 is 0 Å². The first-order valence-corrected chi connectivity index (χ1v) is 7.90. The summed E-state index contributed by atoms with van der Waals surface area (Å²) in [4.78, 5) is 29.1. The molecule has 1 aromatic heterocycles. The summed E-state index contributed by atoms with van der Waals surface area (Å²) in [6.07, 6.45) is 0.355. The lowest BCUT2D eigenvalue weighted by Crippen LogP contribution is -2.50. The van der Waals surface area contributed by atoms with Gasteiger partial charge in [0.1, 0.15) is 0 Å². The van der Waals surface area contributed by atoms with Crippen molar-refractivity contribution in [2.24, 2.45) is 5.92 Å². The maximum absolute atomic E-state index is 12.3. The first-order valence-electron chi connectivity index (χ1n) is 7.02. The van der Waals surface area contributed by atoms with E-state index in [1.165, 1.54) is 4.88 Å². The van der Waals surface area contributed by atoms with Crippen LogP contribution >= 0.6 is 11.3 Å². The molecule has 1 unspecified atom stereocenters. The second-order valence-electron chi connectivity index (χ2n) is 5.39. The van der Waals surface area contributed by atoms with Gasteiger partial charge in [0.15, 0.2) is 0 Å². The monoisotopic (exact) mass is 293 g/mol. The van der Waals surface area contributed by atoms with Gasteiger partial charge in [-0.3, -0.25) is 14.5 Å². The molecule has 5 nitrogen and oxygen atoms in total. The summed E-state index contributed by atoms with van der Waals surface area (Å²) in [5.74, 6) is -0.00912. The topological polar surface area (TPSA) is 52.7 Å². The number of nitrogens with one attached hydrogen (secondary N) is 1. The molecule has 3 rings (SSSR count). The van der Waals surface area contributed by atoms with E-state index in [4.69, 9.17) is 0 Å². The summed E-state index contributed by atoms with van der Waals surface area (Å²) >= 11 is 1.78. The van der Waals surface area contributed by atoms with Gasteiger partial charge in [-0.2, -0.15) is 0 Å². The molecule has 20 heavy (non-hydrogen) atoms. The smallest absolute Gasteiger partial charge is 0.228 e. The quantitative estimate of drug-likeness (QED) is 0.884. The number of amides is 2. The molecule has 0 saturated carbocycles. The summed E-state index contributed by atoms with van der Waals surface area (Å²) in [6, 6.07) is 4.22. The molecular weight excluding hydrogens is 274 g/mol. The molecule has 2 aliphatic rings. The molecule has 0 aliphatic carbocycles. The minimum absolute atomic E-state index is 0.000295. The van der Waals surface area contributed by atoms with Crippen LogP contribution in [0.2, 0.25) is 0 Å². The molecule has 1 atom stereocenters. The molecule has 108 valence electrons. The molecule has 2 aliphatic heterocycles. The first-order chi connectivity index (χ1) is 9.72. The number of carbonyl (C=O) groups is 2. The number of nitrogens with zero attached hydrogens (tertiary/aromatic N) is 2. The first kappa shape index (κ1) is 13.6. The molecule has 0 spiro atoms. The van der Waals surface area contributed by atoms with Crippen LogP contribution in [0.3, 0.4) is 0 Å². The predicted octanol–water partition coefficient (Wildman–Crippen LogP) is 0.528. The van der Waals surface area contributed by atoms with E-state index >= 15 is 0 Å². The van der Waals surface area contributed by atoms with Crippen LogP contribution in [-0.2, 0) is 16.1 Å². The van der Waals surface area contributed by atoms with E-state index in [-0.39, 0.29) is 17.7 Å². The Labute approximate surface area is 122 Å². The zero-order valence-electron chi connectivity index (χ0n) is 11.4. The zero-order valence-corrected chi connectivity index (χ0v) is 12.2. The van der Waals surface area contributed by atoms with Crippen molar-refractivity contribution >= 4 is 23.2 Å². The van der Waals surface area contributed by atoms with Crippen molar-refractivity contribution in [1.29, 1.82) is 0 Å². The van der Waals surface area contributed by atoms with Crippen molar-refractivity contribution in [3.8, 4) is 0 Å². The number of carbonyl (C=O) groups excluding carboxylic acids is 2. The fraction of sp³-hybridized carbons (Fsp3) is 0.571. The van der Waals surface area contributed by atoms with Crippen molar-refractivity contribution in [1.82, 2.24) is 15.1 Å². The van der Waals surface area contributed by atoms with Gasteiger partial charge in [0, 0.05) is 50.6 Å². The van der Waals surface area contributed by atoms with Crippen LogP contribution in [0.25, 0.3) is 0 Å². The highest BCUT2D eigenvalue weighted by molar-refractivity contribution is 7.09. The third-order valence-corrected chi connectivity index (χ3v) is 4.83. The summed E-state index contributed by atoms with van der Waals surface area (Å²) in [5.41, 5.74) is 0. The van der Waals surface area contributed by atoms with Gasteiger partial charge >= 0.3 is 0 Å². The number of rotatable bonds is 3. The number of piperazine rings is 1. The van der Waals surface area contributed by atoms with Crippen molar-refractivity contribution in [2.45, 2.75) is 13.0 Å². The van der Waals surface area contributed by atoms with Gasteiger partial charge in [0.05, 0.1) is 5.92 Å². The van der Waals surface area contributed by atoms with Gasteiger partial charge < -0.3 is 10.2 Å². The lowest BCUT2D eigenvalue weighted by Gasteiger charge is -2.35. The Morgan fingerprint density at radius 3 is 2.75 bits per heavy atom. The van der Waals surface area contributed by atoms with Crippen LogP contribution in [0.5, 0.6) is 0 Å². The summed E-state index contributed by atoms with van der Waals surface area (Å²) in [7, 11) is 0. The van der Waals surface area contributed by atoms with Gasteiger partial charge in [-0.05, 0) is 11.4 Å². The molecule has 0 radical (unpaired) electrons. The highest BCUT2D eigenvalue weighted by Crippen LogP contribution is 2.17. The van der Waals surface area contributed by atoms with E-state index in [1.807, 2.05) is 4.90 Å². The Hall–Kier alpha value is -1.40. The van der Waals surface area contributed by atoms with Crippen LogP contribution in [0.15, 0.2) is 17.5 Å². The van der Waals surface area contributed by atoms with E-state index in [9.17, 15) is 9.59 Å². The zero-order chi connectivity index (χ0) is 13.9. The average Bonchev–Trinajstić information content (AvgIpc) is 3.10. The van der Waals surface area contributed by atoms with Gasteiger partial charge in [-0.15, -0.1) is 11.3 Å². The summed E-state index contributed by atoms with van der Waals surface area (Å²) in [6.45, 7) is 4.86. The van der Waals surface area contributed by atoms with Gasteiger partial charge in [0.25, 0.3) is 0 Å². The van der Waals surface area contributed by atoms with Gasteiger partial charge in [0.2, 0.25) is 11.8 Å². The van der Waals surface area contributed by atoms with Crippen LogP contribution in [0, 0.1) is 5.92 Å². The van der Waals surface area contributed by atoms with Crippen LogP contribution in [-0.4, -0.2) is 54.3 Å². The van der Waals surface area contributed by atoms with Crippen molar-refractivity contribution in [2.75, 3.05) is 32.7 Å². The summed E-state index contributed by atoms with van der Waals surface area (Å²) < 4.78 is 0. The third kappa shape index (κ3) is 3.02. The van der Waals surface area contributed by atoms with Crippen LogP contribution in [0.4, 0.5) is 0 Å². The molecule has 2 amide bonds. The number of hydrogen-bond donors (Lipinski definition) is 1. The molecule has 3 heterocycles. The number of hydrogen-bond acceptors (Lipinski definition) is 4. The Kier molecular flexibility index (Phi) is 4.03. The normalized spacial score (nSPS) is 23.9. The lowest BCUT2D eigenvalue weighted by atomic mass is 10.1. The molecule has 6 heteroatoms. The Balaban J connectivity index is 1.48. The van der Waals surface area contributed by atoms with Crippen molar-refractivity contribution < 1.29 is 9.59 Å². The highest BCUT2D eigenvalue weighted by atomic mass is 32.1. The van der Waals surface area contributed by atoms with Gasteiger partial charge in [-0.1, -0.05) is 6.07 Å². The van der Waals surface area contributed by atoms with E-state index in [0.29, 0.717) is 13.0 Å². The minimum Gasteiger partial charge on any atom is -0.355 e. The molecular formula is C14H19N3O2S. The average molecular weight is 293 g/mol. The maximum atomic E-state index is 12.3. The van der Waals surface area contributed by atoms with Crippen LogP contribution < -0.4 is 5.32 Å². The van der Waals surface area contributed by atoms with Crippen LogP contribution in [0.1, 0.15) is 11.3 Å². The molecule has 2 fully saturated rings. The highest BCUT2D eigenvalue weighted by Gasteiger charge is 2.32. The van der Waals surface area contributed by atoms with E-state index in [0.717, 1.165) is 32.7 Å². The third-order valence-electron chi connectivity index (χ3n) is 3.97. The fourth-order valence-corrected chi connectivity index (χ4v) is 3.53. The van der Waals surface area contributed by atoms with E-state index in [2.05, 4.69) is 27.7 Å². The van der Waals surface area contributed by atoms with Crippen molar-refractivity contribution in [3.05, 3.63) is 22.4 Å². The fourth-order valence-electron chi connectivity index (χ4n) is 2.79. The van der Waals surface area contributed by atoms with E-state index in [1.54, 1.807) is 11.3 Å². The molecule has 1 N–H and O–H groups in total. The lowest BCUT2D eigenvalue weighted by molar-refractivity contribution is -0.137. The number of thiophene rings is 1. The SMILES string of the molecule is O=C1CC(C(=O)N2CCN(Cc3cccs3)CC2)CN1. The molecule has 2 saturated heterocycles. The Morgan fingerprint density at radius 1 is 1.35 bits per heavy atom. The van der Waals surface area contributed by atoms with Gasteiger partial charge in [-0.25, -0.2) is 0 Å². The minimum atomic E-state index is -0.147. The summed E-state index contributed by atoms with van der Waals surface area (Å²) in [5, 5.41) is 4.83. The maximum Gasteiger partial charge on any atom is 0.228 e. The van der Waals surface area contributed by atoms with Crippen molar-refractivity contribution in [3.63, 3.8) is 0 Å². The second kappa shape index (κ2) is 5.93. The standard InChI is InChI=1S/C14H19N3O2S/c18-13-8-11(9-15-13)14(19)17-5-3-16(4-6-17)10-12-2-1-7-20-12/h1-2,7,11H,3-6,8-10H2,(H,15,18). The second-order valence-corrected chi connectivity index (χ2v) is 6.42.